The first kappa shape index (κ1) is 26.2. The number of carbonyl (C=O) groups is 1. The number of guanidine groups is 1. The second-order valence-corrected chi connectivity index (χ2v) is 9.71. The van der Waals surface area contributed by atoms with Crippen molar-refractivity contribution in [3.05, 3.63) is 71.4 Å². The Bertz CT molecular complexity index is 1530. The van der Waals surface area contributed by atoms with Gasteiger partial charge in [-0.15, -0.1) is 0 Å². The van der Waals surface area contributed by atoms with Gasteiger partial charge in [0.05, 0.1) is 29.6 Å². The molecule has 1 amide bonds. The topological polar surface area (TPSA) is 134 Å². The van der Waals surface area contributed by atoms with Gasteiger partial charge < -0.3 is 26.0 Å². The lowest BCUT2D eigenvalue weighted by Gasteiger charge is -2.32. The number of hydrogen-bond donors (Lipinski definition) is 4. The van der Waals surface area contributed by atoms with Gasteiger partial charge in [-0.25, -0.2) is 14.4 Å². The van der Waals surface area contributed by atoms with Crippen LogP contribution in [0, 0.1) is 17.1 Å². The van der Waals surface area contributed by atoms with Gasteiger partial charge in [-0.2, -0.15) is 0 Å². The fourth-order valence-electron chi connectivity index (χ4n) is 4.67. The third kappa shape index (κ3) is 5.58. The van der Waals surface area contributed by atoms with Crippen molar-refractivity contribution in [2.45, 2.75) is 12.8 Å². The Labute approximate surface area is 229 Å². The molecule has 0 radical (unpaired) electrons. The molecule has 1 aliphatic heterocycles. The number of benzene rings is 2. The molecule has 202 valence electrons. The van der Waals surface area contributed by atoms with E-state index < -0.39 is 5.82 Å². The zero-order chi connectivity index (χ0) is 27.5. The number of methoxy groups -OCH3 is 1. The van der Waals surface area contributed by atoms with Gasteiger partial charge in [-0.1, -0.05) is 11.6 Å². The number of fused-ring (bicyclic) bond motifs is 1. The van der Waals surface area contributed by atoms with Gasteiger partial charge in [-0.3, -0.25) is 14.6 Å². The third-order valence-corrected chi connectivity index (χ3v) is 7.17. The van der Waals surface area contributed by atoms with Crippen molar-refractivity contribution in [3.63, 3.8) is 0 Å². The quantitative estimate of drug-likeness (QED) is 0.199. The Morgan fingerprint density at radius 3 is 2.72 bits per heavy atom. The number of likely N-dealkylation sites (tertiary alicyclic amines) is 1. The number of aromatic nitrogens is 3. The summed E-state index contributed by atoms with van der Waals surface area (Å²) >= 11 is 6.48. The Kier molecular flexibility index (Phi) is 7.51. The average Bonchev–Trinajstić information content (AvgIpc) is 3.37. The number of hydrogen-bond acceptors (Lipinski definition) is 6. The third-order valence-electron chi connectivity index (χ3n) is 6.86. The van der Waals surface area contributed by atoms with Crippen LogP contribution in [0.1, 0.15) is 23.2 Å². The smallest absolute Gasteiger partial charge is 0.252 e. The summed E-state index contributed by atoms with van der Waals surface area (Å²) in [5.74, 6) is 0.346. The van der Waals surface area contributed by atoms with Gasteiger partial charge in [0.2, 0.25) is 0 Å². The number of carbonyl (C=O) groups excluding carboxylic acids is 1. The standard InChI is InChI=1S/C27H28ClFN8O2/c1-39-23-5-2-17(12-21(23)29)22-15-33-25-24(32-8-11-37(22)25)35-18-3-4-19(20(28)13-18)26(38)34-14-16-6-9-36(10-7-16)27(30)31/h2-5,8,11-13,15-16H,6-7,9-10,14H2,1H3,(H3,30,31)(H,32,35)(H,34,38). The molecule has 0 aliphatic carbocycles. The van der Waals surface area contributed by atoms with Crippen molar-refractivity contribution < 1.29 is 13.9 Å². The number of ether oxygens (including phenoxy) is 1. The van der Waals surface area contributed by atoms with Crippen molar-refractivity contribution in [2.75, 3.05) is 32.1 Å². The summed E-state index contributed by atoms with van der Waals surface area (Å²) in [6, 6.07) is 9.80. The highest BCUT2D eigenvalue weighted by Crippen LogP contribution is 2.29. The minimum atomic E-state index is -0.463. The molecule has 1 fully saturated rings. The molecule has 1 saturated heterocycles. The highest BCUT2D eigenvalue weighted by atomic mass is 35.5. The van der Waals surface area contributed by atoms with Crippen LogP contribution >= 0.6 is 11.6 Å². The van der Waals surface area contributed by atoms with Gasteiger partial charge in [0.1, 0.15) is 0 Å². The largest absolute Gasteiger partial charge is 0.494 e. The van der Waals surface area contributed by atoms with Crippen molar-refractivity contribution >= 4 is 40.6 Å². The number of imidazole rings is 1. The summed E-state index contributed by atoms with van der Waals surface area (Å²) in [6.45, 7) is 1.96. The number of amides is 1. The fourth-order valence-corrected chi connectivity index (χ4v) is 4.94. The highest BCUT2D eigenvalue weighted by molar-refractivity contribution is 6.34. The van der Waals surface area contributed by atoms with Crippen LogP contribution in [0.4, 0.5) is 15.9 Å². The molecule has 10 nitrogen and oxygen atoms in total. The van der Waals surface area contributed by atoms with E-state index in [1.165, 1.54) is 13.2 Å². The molecule has 0 saturated carbocycles. The van der Waals surface area contributed by atoms with Gasteiger partial charge in [0, 0.05) is 43.3 Å². The summed E-state index contributed by atoms with van der Waals surface area (Å²) in [6.07, 6.45) is 6.73. The van der Waals surface area contributed by atoms with E-state index in [0.29, 0.717) is 64.5 Å². The van der Waals surface area contributed by atoms with Crippen molar-refractivity contribution in [1.29, 1.82) is 5.41 Å². The molecule has 0 atom stereocenters. The van der Waals surface area contributed by atoms with Crippen molar-refractivity contribution in [1.82, 2.24) is 24.6 Å². The molecule has 0 unspecified atom stereocenters. The van der Waals surface area contributed by atoms with Gasteiger partial charge in [-0.05, 0) is 55.2 Å². The number of rotatable bonds is 7. The number of nitrogens with two attached hydrogens (primary N) is 1. The number of halogens is 2. The molecule has 0 bridgehead atoms. The number of anilines is 2. The monoisotopic (exact) mass is 550 g/mol. The summed E-state index contributed by atoms with van der Waals surface area (Å²) < 4.78 is 21.1. The van der Waals surface area contributed by atoms with Crippen LogP contribution in [-0.4, -0.2) is 57.9 Å². The molecule has 3 heterocycles. The van der Waals surface area contributed by atoms with Crippen LogP contribution in [-0.2, 0) is 0 Å². The van der Waals surface area contributed by atoms with Crippen molar-refractivity contribution in [2.24, 2.45) is 11.7 Å². The van der Waals surface area contributed by atoms with E-state index in [4.69, 9.17) is 27.5 Å². The first-order valence-corrected chi connectivity index (χ1v) is 12.8. The molecule has 0 spiro atoms. The number of nitrogens with zero attached hydrogens (tertiary/aromatic N) is 4. The molecule has 2 aromatic carbocycles. The maximum atomic E-state index is 14.3. The first-order chi connectivity index (χ1) is 18.8. The molecular weight excluding hydrogens is 523 g/mol. The molecule has 12 heteroatoms. The molecule has 2 aromatic heterocycles. The van der Waals surface area contributed by atoms with E-state index in [1.807, 2.05) is 4.90 Å². The maximum absolute atomic E-state index is 14.3. The second-order valence-electron chi connectivity index (χ2n) is 9.31. The minimum absolute atomic E-state index is 0.0882. The van der Waals surface area contributed by atoms with E-state index in [0.717, 1.165) is 12.8 Å². The summed E-state index contributed by atoms with van der Waals surface area (Å²) in [7, 11) is 1.42. The molecule has 5 rings (SSSR count). The number of piperidine rings is 1. The highest BCUT2D eigenvalue weighted by Gasteiger charge is 2.21. The van der Waals surface area contributed by atoms with E-state index in [-0.39, 0.29) is 17.6 Å². The SMILES string of the molecule is COc1ccc(-c2cnc3c(Nc4ccc(C(=O)NCC5CCN(C(=N)N)CC5)c(Cl)c4)nccn23)cc1F. The number of nitrogens with one attached hydrogen (secondary N) is 3. The van der Waals surface area contributed by atoms with E-state index in [2.05, 4.69) is 20.6 Å². The predicted molar refractivity (Wildman–Crippen MR) is 148 cm³/mol. The van der Waals surface area contributed by atoms with Crippen LogP contribution in [0.2, 0.25) is 5.02 Å². The van der Waals surface area contributed by atoms with Gasteiger partial charge in [0.25, 0.3) is 5.91 Å². The fraction of sp³-hybridized carbons (Fsp3) is 0.259. The molecule has 39 heavy (non-hydrogen) atoms. The van der Waals surface area contributed by atoms with Gasteiger partial charge >= 0.3 is 0 Å². The van der Waals surface area contributed by atoms with Crippen LogP contribution < -0.4 is 21.1 Å². The summed E-state index contributed by atoms with van der Waals surface area (Å²) in [5, 5.41) is 14.0. The maximum Gasteiger partial charge on any atom is 0.252 e. The van der Waals surface area contributed by atoms with E-state index >= 15 is 0 Å². The average molecular weight is 551 g/mol. The molecular formula is C27H28ClFN8O2. The second kappa shape index (κ2) is 11.2. The van der Waals surface area contributed by atoms with Crippen LogP contribution in [0.5, 0.6) is 5.75 Å². The predicted octanol–water partition coefficient (Wildman–Crippen LogP) is 4.28. The Morgan fingerprint density at radius 1 is 1.23 bits per heavy atom. The summed E-state index contributed by atoms with van der Waals surface area (Å²) in [4.78, 5) is 23.5. The normalized spacial score (nSPS) is 13.9. The van der Waals surface area contributed by atoms with E-state index in [9.17, 15) is 9.18 Å². The lowest BCUT2D eigenvalue weighted by molar-refractivity contribution is 0.0941. The Balaban J connectivity index is 1.27. The Morgan fingerprint density at radius 2 is 2.03 bits per heavy atom. The van der Waals surface area contributed by atoms with E-state index in [1.54, 1.807) is 53.3 Å². The van der Waals surface area contributed by atoms with Crippen LogP contribution in [0.25, 0.3) is 16.9 Å². The lowest BCUT2D eigenvalue weighted by atomic mass is 9.97. The van der Waals surface area contributed by atoms with Crippen molar-refractivity contribution in [3.8, 4) is 17.0 Å². The van der Waals surface area contributed by atoms with Crippen LogP contribution in [0.15, 0.2) is 55.0 Å². The Hall–Kier alpha value is -4.38. The summed E-state index contributed by atoms with van der Waals surface area (Å²) in [5.41, 5.74) is 8.42. The molecule has 4 aromatic rings. The lowest BCUT2D eigenvalue weighted by Crippen LogP contribution is -2.44. The van der Waals surface area contributed by atoms with Crippen LogP contribution in [0.3, 0.4) is 0 Å². The molecule has 5 N–H and O–H groups in total. The minimum Gasteiger partial charge on any atom is -0.494 e. The zero-order valence-corrected chi connectivity index (χ0v) is 22.0. The van der Waals surface area contributed by atoms with Gasteiger partial charge in [0.15, 0.2) is 29.0 Å². The zero-order valence-electron chi connectivity index (χ0n) is 21.2. The first-order valence-electron chi connectivity index (χ1n) is 12.4. The molecule has 1 aliphatic rings.